The first-order chi connectivity index (χ1) is 11.8. The first-order valence-electron chi connectivity index (χ1n) is 7.22. The van der Waals surface area contributed by atoms with Crippen molar-refractivity contribution in [2.45, 2.75) is 13.0 Å². The van der Waals surface area contributed by atoms with Crippen LogP contribution in [0.25, 0.3) is 0 Å². The largest absolute Gasteiger partial charge is 0.497 e. The Hall–Kier alpha value is -2.44. The Morgan fingerprint density at radius 2 is 1.92 bits per heavy atom. The highest BCUT2D eigenvalue weighted by Crippen LogP contribution is 2.28. The van der Waals surface area contributed by atoms with Gasteiger partial charge in [0.15, 0.2) is 6.10 Å². The molecule has 1 atom stereocenters. The summed E-state index contributed by atoms with van der Waals surface area (Å²) in [6.45, 7) is 1.44. The second-order valence-corrected chi connectivity index (χ2v) is 5.96. The van der Waals surface area contributed by atoms with Crippen molar-refractivity contribution >= 4 is 46.5 Å². The molecule has 2 aromatic rings. The number of nitrogens with two attached hydrogens (primary N) is 1. The number of carbonyl (C=O) groups is 2. The standard InChI is InChI=1S/C17H16Cl2N2O4/c1-9(16(22)21-11-4-3-5-12(8-11)24-2)25-17(23)13-6-10(18)7-14(19)15(13)20/h3-9H,20H2,1-2H3,(H,21,22)/t9-/m0/s1. The third kappa shape index (κ3) is 4.78. The predicted octanol–water partition coefficient (Wildman–Crippen LogP) is 3.77. The molecule has 0 aromatic heterocycles. The van der Waals surface area contributed by atoms with Crippen molar-refractivity contribution in [1.82, 2.24) is 0 Å². The highest BCUT2D eigenvalue weighted by molar-refractivity contribution is 6.37. The van der Waals surface area contributed by atoms with Gasteiger partial charge in [0.1, 0.15) is 5.75 Å². The van der Waals surface area contributed by atoms with Crippen LogP contribution in [0.3, 0.4) is 0 Å². The lowest BCUT2D eigenvalue weighted by molar-refractivity contribution is -0.123. The second kappa shape index (κ2) is 8.09. The van der Waals surface area contributed by atoms with Crippen LogP contribution < -0.4 is 15.8 Å². The van der Waals surface area contributed by atoms with E-state index in [1.807, 2.05) is 0 Å². The SMILES string of the molecule is COc1cccc(NC(=O)[C@H](C)OC(=O)c2cc(Cl)cc(Cl)c2N)c1. The fourth-order valence-electron chi connectivity index (χ4n) is 1.98. The molecule has 0 aliphatic heterocycles. The lowest BCUT2D eigenvalue weighted by Crippen LogP contribution is -2.30. The summed E-state index contributed by atoms with van der Waals surface area (Å²) in [7, 11) is 1.52. The maximum atomic E-state index is 12.2. The van der Waals surface area contributed by atoms with E-state index in [-0.39, 0.29) is 21.3 Å². The van der Waals surface area contributed by atoms with Crippen LogP contribution in [0.1, 0.15) is 17.3 Å². The summed E-state index contributed by atoms with van der Waals surface area (Å²) in [4.78, 5) is 24.4. The third-order valence-electron chi connectivity index (χ3n) is 3.30. The van der Waals surface area contributed by atoms with Crippen molar-refractivity contribution in [3.05, 3.63) is 52.0 Å². The average molecular weight is 383 g/mol. The molecule has 132 valence electrons. The molecule has 8 heteroatoms. The van der Waals surface area contributed by atoms with Crippen molar-refractivity contribution in [3.8, 4) is 5.75 Å². The fraction of sp³-hybridized carbons (Fsp3) is 0.176. The molecular formula is C17H16Cl2N2O4. The molecule has 0 spiro atoms. The fourth-order valence-corrected chi connectivity index (χ4v) is 2.47. The summed E-state index contributed by atoms with van der Waals surface area (Å²) in [6, 6.07) is 9.53. The number of rotatable bonds is 5. The summed E-state index contributed by atoms with van der Waals surface area (Å²) in [5.74, 6) is -0.715. The highest BCUT2D eigenvalue weighted by atomic mass is 35.5. The van der Waals surface area contributed by atoms with Gasteiger partial charge in [0.2, 0.25) is 0 Å². The lowest BCUT2D eigenvalue weighted by Gasteiger charge is -2.15. The normalized spacial score (nSPS) is 11.5. The molecule has 0 heterocycles. The van der Waals surface area contributed by atoms with Gasteiger partial charge in [-0.15, -0.1) is 0 Å². The smallest absolute Gasteiger partial charge is 0.341 e. The van der Waals surface area contributed by atoms with E-state index in [0.717, 1.165) is 0 Å². The molecule has 2 rings (SSSR count). The quantitative estimate of drug-likeness (QED) is 0.606. The molecule has 0 aliphatic carbocycles. The number of carbonyl (C=O) groups excluding carboxylic acids is 2. The van der Waals surface area contributed by atoms with Gasteiger partial charge in [-0.1, -0.05) is 29.3 Å². The molecule has 2 aromatic carbocycles. The zero-order valence-electron chi connectivity index (χ0n) is 13.5. The molecule has 0 fully saturated rings. The Balaban J connectivity index is 2.07. The molecule has 0 saturated carbocycles. The second-order valence-electron chi connectivity index (χ2n) is 5.12. The van der Waals surface area contributed by atoms with Crippen LogP contribution in [0, 0.1) is 0 Å². The van der Waals surface area contributed by atoms with E-state index in [2.05, 4.69) is 5.32 Å². The van der Waals surface area contributed by atoms with E-state index >= 15 is 0 Å². The van der Waals surface area contributed by atoms with Crippen molar-refractivity contribution in [3.63, 3.8) is 0 Å². The topological polar surface area (TPSA) is 90.6 Å². The number of esters is 1. The number of anilines is 2. The Bertz CT molecular complexity index is 811. The van der Waals surface area contributed by atoms with Crippen molar-refractivity contribution in [1.29, 1.82) is 0 Å². The number of halogens is 2. The van der Waals surface area contributed by atoms with Gasteiger partial charge in [-0.25, -0.2) is 4.79 Å². The molecule has 25 heavy (non-hydrogen) atoms. The van der Waals surface area contributed by atoms with Gasteiger partial charge in [-0.3, -0.25) is 4.79 Å². The van der Waals surface area contributed by atoms with Gasteiger partial charge in [0.25, 0.3) is 5.91 Å². The first-order valence-corrected chi connectivity index (χ1v) is 7.98. The van der Waals surface area contributed by atoms with E-state index in [0.29, 0.717) is 11.4 Å². The minimum Gasteiger partial charge on any atom is -0.497 e. The zero-order valence-corrected chi connectivity index (χ0v) is 15.0. The van der Waals surface area contributed by atoms with Gasteiger partial charge in [-0.2, -0.15) is 0 Å². The Kier molecular flexibility index (Phi) is 6.12. The average Bonchev–Trinajstić information content (AvgIpc) is 2.57. The van der Waals surface area contributed by atoms with Crippen LogP contribution in [0.5, 0.6) is 5.75 Å². The molecular weight excluding hydrogens is 367 g/mol. The zero-order chi connectivity index (χ0) is 18.6. The third-order valence-corrected chi connectivity index (χ3v) is 3.84. The monoisotopic (exact) mass is 382 g/mol. The molecule has 0 saturated heterocycles. The van der Waals surface area contributed by atoms with Crippen LogP contribution in [-0.4, -0.2) is 25.1 Å². The van der Waals surface area contributed by atoms with Gasteiger partial charge in [0, 0.05) is 16.8 Å². The number of hydrogen-bond acceptors (Lipinski definition) is 5. The maximum absolute atomic E-state index is 12.2. The first kappa shape index (κ1) is 18.9. The summed E-state index contributed by atoms with van der Waals surface area (Å²) in [5, 5.41) is 3.00. The molecule has 0 unspecified atom stereocenters. The van der Waals surface area contributed by atoms with E-state index in [1.165, 1.54) is 26.2 Å². The Morgan fingerprint density at radius 3 is 2.60 bits per heavy atom. The highest BCUT2D eigenvalue weighted by Gasteiger charge is 2.22. The van der Waals surface area contributed by atoms with E-state index in [4.69, 9.17) is 38.4 Å². The summed E-state index contributed by atoms with van der Waals surface area (Å²) >= 11 is 11.8. The molecule has 0 aliphatic rings. The van der Waals surface area contributed by atoms with Gasteiger partial charge < -0.3 is 20.5 Å². The molecule has 0 bridgehead atoms. The minimum atomic E-state index is -1.06. The van der Waals surface area contributed by atoms with Gasteiger partial charge in [0.05, 0.1) is 23.4 Å². The summed E-state index contributed by atoms with van der Waals surface area (Å²) in [5.41, 5.74) is 6.30. The van der Waals surface area contributed by atoms with Gasteiger partial charge >= 0.3 is 5.97 Å². The van der Waals surface area contributed by atoms with Crippen molar-refractivity contribution < 1.29 is 19.1 Å². The van der Waals surface area contributed by atoms with Crippen LogP contribution >= 0.6 is 23.2 Å². The number of benzene rings is 2. The number of hydrogen-bond donors (Lipinski definition) is 2. The maximum Gasteiger partial charge on any atom is 0.341 e. The van der Waals surface area contributed by atoms with Crippen LogP contribution in [0.4, 0.5) is 11.4 Å². The van der Waals surface area contributed by atoms with E-state index < -0.39 is 18.0 Å². The Labute approximate surface area is 154 Å². The minimum absolute atomic E-state index is 0.00136. The van der Waals surface area contributed by atoms with Crippen LogP contribution in [-0.2, 0) is 9.53 Å². The van der Waals surface area contributed by atoms with Gasteiger partial charge in [-0.05, 0) is 31.2 Å². The van der Waals surface area contributed by atoms with E-state index in [1.54, 1.807) is 24.3 Å². The number of ether oxygens (including phenoxy) is 2. The molecule has 6 nitrogen and oxygen atoms in total. The van der Waals surface area contributed by atoms with Crippen molar-refractivity contribution in [2.75, 3.05) is 18.2 Å². The number of amides is 1. The number of nitrogens with one attached hydrogen (secondary N) is 1. The molecule has 0 radical (unpaired) electrons. The number of nitrogen functional groups attached to an aromatic ring is 1. The summed E-state index contributed by atoms with van der Waals surface area (Å²) < 4.78 is 10.2. The number of methoxy groups -OCH3 is 1. The molecule has 1 amide bonds. The Morgan fingerprint density at radius 1 is 1.20 bits per heavy atom. The van der Waals surface area contributed by atoms with Crippen LogP contribution in [0.15, 0.2) is 36.4 Å². The predicted molar refractivity (Wildman–Crippen MR) is 97.4 cm³/mol. The van der Waals surface area contributed by atoms with Crippen LogP contribution in [0.2, 0.25) is 10.0 Å². The van der Waals surface area contributed by atoms with E-state index in [9.17, 15) is 9.59 Å². The lowest BCUT2D eigenvalue weighted by atomic mass is 10.2. The molecule has 3 N–H and O–H groups in total. The summed E-state index contributed by atoms with van der Waals surface area (Å²) in [6.07, 6.45) is -1.06. The van der Waals surface area contributed by atoms with Crippen molar-refractivity contribution in [2.24, 2.45) is 0 Å².